The van der Waals surface area contributed by atoms with E-state index < -0.39 is 24.9 Å². The molecule has 0 bridgehead atoms. The smallest absolute Gasteiger partial charge is 0.146 e. The number of rotatable bonds is 10. The molecule has 0 aliphatic rings. The van der Waals surface area contributed by atoms with Gasteiger partial charge in [0, 0.05) is 4.91 Å². The molecule has 2 aromatic carbocycles. The molecule has 6 nitrogen and oxygen atoms in total. The van der Waals surface area contributed by atoms with Crippen molar-refractivity contribution in [1.82, 2.24) is 0 Å². The number of hydrogen-bond donors (Lipinski definition) is 1. The van der Waals surface area contributed by atoms with Crippen molar-refractivity contribution in [2.45, 2.75) is 38.4 Å². The van der Waals surface area contributed by atoms with Crippen molar-refractivity contribution < 1.29 is 14.6 Å². The maximum absolute atomic E-state index is 9.89. The van der Waals surface area contributed by atoms with E-state index in [0.29, 0.717) is 0 Å². The lowest BCUT2D eigenvalue weighted by atomic mass is 10.1. The van der Waals surface area contributed by atoms with Gasteiger partial charge in [0.15, 0.2) is 0 Å². The third-order valence-corrected chi connectivity index (χ3v) is 4.52. The molecular weight excluding hydrogens is 462 g/mol. The Morgan fingerprint density at radius 2 is 1.24 bits per heavy atom. The van der Waals surface area contributed by atoms with Gasteiger partial charge in [-0.25, -0.2) is 0 Å². The van der Waals surface area contributed by atoms with Gasteiger partial charge >= 0.3 is 0 Å². The van der Waals surface area contributed by atoms with Gasteiger partial charge < -0.3 is 14.6 Å². The summed E-state index contributed by atoms with van der Waals surface area (Å²) in [4.78, 5) is 2.85. The number of aliphatic hydroxyl groups excluding tert-OH is 1. The molecule has 37 heavy (non-hydrogen) atoms. The van der Waals surface area contributed by atoms with Crippen LogP contribution < -0.4 is 0 Å². The van der Waals surface area contributed by atoms with Crippen molar-refractivity contribution in [3.8, 4) is 71.0 Å². The number of ether oxygens (including phenoxy) is 2. The van der Waals surface area contributed by atoms with E-state index in [-0.39, 0.29) is 13.2 Å². The molecule has 0 saturated carbocycles. The van der Waals surface area contributed by atoms with Crippen LogP contribution in [0.15, 0.2) is 65.8 Å². The van der Waals surface area contributed by atoms with E-state index in [0.717, 1.165) is 11.1 Å². The molecule has 6 heteroatoms. The van der Waals surface area contributed by atoms with E-state index in [1.807, 2.05) is 60.7 Å². The second-order valence-corrected chi connectivity index (χ2v) is 7.08. The van der Waals surface area contributed by atoms with Crippen LogP contribution in [-0.4, -0.2) is 30.0 Å². The Balaban J connectivity index is 2.27. The third-order valence-electron chi connectivity index (χ3n) is 4.52. The molecule has 0 unspecified atom stereocenters. The standard InChI is InChI=1S/C31H23N3O3/c1-2-3-4-5-6-7-8-9-10-11-18-23-30(36-25-27-19-14-12-15-20-27)31(29(24-35)33-34-32)37-26-28-21-16-13-17-22-28/h12-17,19-22,29-31,35H,24-26H2,1H3/t29-,30+,31-/m0/s1. The summed E-state index contributed by atoms with van der Waals surface area (Å²) < 4.78 is 12.1. The van der Waals surface area contributed by atoms with Crippen molar-refractivity contribution >= 4 is 0 Å². The summed E-state index contributed by atoms with van der Waals surface area (Å²) in [6.07, 6.45) is -1.72. The van der Waals surface area contributed by atoms with Crippen LogP contribution in [0.1, 0.15) is 18.1 Å². The van der Waals surface area contributed by atoms with Crippen LogP contribution in [-0.2, 0) is 22.7 Å². The molecule has 0 fully saturated rings. The lowest BCUT2D eigenvalue weighted by Crippen LogP contribution is -2.41. The van der Waals surface area contributed by atoms with Gasteiger partial charge in [-0.1, -0.05) is 77.6 Å². The zero-order valence-corrected chi connectivity index (χ0v) is 20.2. The normalized spacial score (nSPS) is 11.0. The van der Waals surface area contributed by atoms with Crippen molar-refractivity contribution in [1.29, 1.82) is 0 Å². The number of hydrogen-bond acceptors (Lipinski definition) is 4. The third kappa shape index (κ3) is 11.8. The van der Waals surface area contributed by atoms with Gasteiger partial charge in [-0.2, -0.15) is 0 Å². The SMILES string of the molecule is CC#CC#CC#CC#CC#CC#C[C@@H](OCc1ccccc1)[C@@H](OCc1ccccc1)[C@H](CO)N=[N+]=[N-]. The number of azide groups is 1. The molecule has 0 heterocycles. The molecule has 0 radical (unpaired) electrons. The molecule has 2 rings (SSSR count). The number of nitrogens with zero attached hydrogens (tertiary/aromatic N) is 3. The highest BCUT2D eigenvalue weighted by atomic mass is 16.5. The lowest BCUT2D eigenvalue weighted by Gasteiger charge is -2.27. The maximum Gasteiger partial charge on any atom is 0.146 e. The van der Waals surface area contributed by atoms with Crippen LogP contribution in [0.25, 0.3) is 10.4 Å². The molecule has 0 aliphatic carbocycles. The Bertz CT molecular complexity index is 1430. The summed E-state index contributed by atoms with van der Waals surface area (Å²) >= 11 is 0. The van der Waals surface area contributed by atoms with Gasteiger partial charge in [-0.3, -0.25) is 0 Å². The Morgan fingerprint density at radius 1 is 0.757 bits per heavy atom. The second kappa shape index (κ2) is 18.3. The molecule has 0 aromatic heterocycles. The average Bonchev–Trinajstić information content (AvgIpc) is 2.94. The van der Waals surface area contributed by atoms with Crippen molar-refractivity contribution in [2.24, 2.45) is 5.11 Å². The zero-order valence-electron chi connectivity index (χ0n) is 20.2. The molecular formula is C31H23N3O3. The Labute approximate surface area is 218 Å². The van der Waals surface area contributed by atoms with Crippen molar-refractivity contribution in [3.05, 3.63) is 82.2 Å². The van der Waals surface area contributed by atoms with Crippen LogP contribution in [0.5, 0.6) is 0 Å². The maximum atomic E-state index is 9.89. The van der Waals surface area contributed by atoms with Gasteiger partial charge in [0.1, 0.15) is 12.2 Å². The first-order chi connectivity index (χ1) is 18.3. The van der Waals surface area contributed by atoms with Crippen molar-refractivity contribution in [2.75, 3.05) is 6.61 Å². The second-order valence-electron chi connectivity index (χ2n) is 7.08. The summed E-state index contributed by atoms with van der Waals surface area (Å²) in [5.41, 5.74) is 10.8. The highest BCUT2D eigenvalue weighted by molar-refractivity contribution is 5.44. The minimum absolute atomic E-state index is 0.207. The van der Waals surface area contributed by atoms with Crippen LogP contribution in [0.3, 0.4) is 0 Å². The van der Waals surface area contributed by atoms with Crippen LogP contribution in [0, 0.1) is 71.0 Å². The van der Waals surface area contributed by atoms with Gasteiger partial charge in [-0.05, 0) is 82.8 Å². The van der Waals surface area contributed by atoms with E-state index >= 15 is 0 Å². The Hall–Kier alpha value is -5.01. The summed E-state index contributed by atoms with van der Waals surface area (Å²) in [6, 6.07) is 18.1. The van der Waals surface area contributed by atoms with E-state index in [9.17, 15) is 5.11 Å². The van der Waals surface area contributed by atoms with E-state index in [2.05, 4.69) is 81.1 Å². The van der Waals surface area contributed by atoms with Gasteiger partial charge in [0.05, 0.1) is 25.9 Å². The van der Waals surface area contributed by atoms with Gasteiger partial charge in [-0.15, -0.1) is 0 Å². The van der Waals surface area contributed by atoms with Gasteiger partial charge in [0.2, 0.25) is 0 Å². The number of aliphatic hydroxyl groups is 1. The quantitative estimate of drug-likeness (QED) is 0.240. The summed E-state index contributed by atoms with van der Waals surface area (Å²) in [5.74, 6) is 31.4. The first-order valence-electron chi connectivity index (χ1n) is 11.2. The summed E-state index contributed by atoms with van der Waals surface area (Å²) in [5, 5.41) is 13.6. The first kappa shape index (κ1) is 28.2. The Kier molecular flexibility index (Phi) is 14.0. The van der Waals surface area contributed by atoms with Gasteiger partial charge in [0.25, 0.3) is 0 Å². The molecule has 0 saturated heterocycles. The molecule has 0 spiro atoms. The fraction of sp³-hybridized carbons (Fsp3) is 0.226. The molecule has 1 N–H and O–H groups in total. The fourth-order valence-corrected chi connectivity index (χ4v) is 2.84. The average molecular weight is 486 g/mol. The highest BCUT2D eigenvalue weighted by Crippen LogP contribution is 2.17. The Morgan fingerprint density at radius 3 is 1.73 bits per heavy atom. The predicted molar refractivity (Wildman–Crippen MR) is 142 cm³/mol. The van der Waals surface area contributed by atoms with E-state index in [4.69, 9.17) is 15.0 Å². The summed E-state index contributed by atoms with van der Waals surface area (Å²) in [6.45, 7) is 1.68. The predicted octanol–water partition coefficient (Wildman–Crippen LogP) is 3.87. The monoisotopic (exact) mass is 485 g/mol. The lowest BCUT2D eigenvalue weighted by molar-refractivity contribution is -0.0770. The minimum atomic E-state index is -0.926. The molecule has 180 valence electrons. The molecule has 3 atom stereocenters. The number of benzene rings is 2. The van der Waals surface area contributed by atoms with Crippen LogP contribution >= 0.6 is 0 Å². The molecule has 2 aromatic rings. The zero-order chi connectivity index (χ0) is 26.4. The van der Waals surface area contributed by atoms with Crippen molar-refractivity contribution in [3.63, 3.8) is 0 Å². The topological polar surface area (TPSA) is 87.5 Å². The fourth-order valence-electron chi connectivity index (χ4n) is 2.84. The highest BCUT2D eigenvalue weighted by Gasteiger charge is 2.30. The summed E-state index contributed by atoms with van der Waals surface area (Å²) in [7, 11) is 0. The van der Waals surface area contributed by atoms with Crippen LogP contribution in [0.2, 0.25) is 0 Å². The largest absolute Gasteiger partial charge is 0.396 e. The first-order valence-corrected chi connectivity index (χ1v) is 11.2. The van der Waals surface area contributed by atoms with Crippen LogP contribution in [0.4, 0.5) is 0 Å². The van der Waals surface area contributed by atoms with E-state index in [1.54, 1.807) is 6.92 Å². The van der Waals surface area contributed by atoms with E-state index in [1.165, 1.54) is 0 Å². The molecule has 0 aliphatic heterocycles. The molecule has 0 amide bonds. The minimum Gasteiger partial charge on any atom is -0.396 e.